The van der Waals surface area contributed by atoms with E-state index in [-0.39, 0.29) is 0 Å². The minimum Gasteiger partial charge on any atom is -0.494 e. The summed E-state index contributed by atoms with van der Waals surface area (Å²) >= 11 is 0. The van der Waals surface area contributed by atoms with Crippen LogP contribution in [0.1, 0.15) is 40.0 Å². The van der Waals surface area contributed by atoms with Gasteiger partial charge in [0.15, 0.2) is 5.82 Å². The van der Waals surface area contributed by atoms with E-state index < -0.39 is 7.69 Å². The van der Waals surface area contributed by atoms with Crippen LogP contribution in [-0.2, 0) is 0 Å². The summed E-state index contributed by atoms with van der Waals surface area (Å²) in [6.07, 6.45) is 9.28. The summed E-state index contributed by atoms with van der Waals surface area (Å²) < 4.78 is 5.84. The number of aromatic nitrogens is 2. The molecule has 6 heteroatoms. The van der Waals surface area contributed by atoms with Crippen LogP contribution in [0.3, 0.4) is 0 Å². The second-order valence-corrected chi connectivity index (χ2v) is 6.34. The van der Waals surface area contributed by atoms with Crippen molar-refractivity contribution in [3.05, 3.63) is 54.4 Å². The van der Waals surface area contributed by atoms with Crippen LogP contribution in [0.25, 0.3) is 11.4 Å². The monoisotopic (exact) mass is 356 g/mol. The molecule has 0 saturated carbocycles. The first-order valence-corrected chi connectivity index (χ1v) is 8.92. The Morgan fingerprint density at radius 1 is 1.12 bits per heavy atom. The molecule has 140 valence electrons. The minimum absolute atomic E-state index is 0.683. The molecule has 1 atom stereocenters. The van der Waals surface area contributed by atoms with Crippen molar-refractivity contribution in [2.75, 3.05) is 6.61 Å². The first-order chi connectivity index (χ1) is 12.6. The van der Waals surface area contributed by atoms with Crippen LogP contribution in [0.2, 0.25) is 0 Å². The number of benzene rings is 1. The van der Waals surface area contributed by atoms with E-state index in [1.165, 1.54) is 12.0 Å². The Kier molecular flexibility index (Phi) is 11.0. The predicted molar refractivity (Wildman–Crippen MR) is 107 cm³/mol. The molecule has 0 aliphatic carbocycles. The van der Waals surface area contributed by atoms with Gasteiger partial charge >= 0.3 is 7.69 Å². The first-order valence-electron chi connectivity index (χ1n) is 8.92. The number of allylic oxidation sites excluding steroid dienone is 2. The molecule has 0 amide bonds. The van der Waals surface area contributed by atoms with E-state index in [0.29, 0.717) is 5.92 Å². The van der Waals surface area contributed by atoms with Crippen molar-refractivity contribution in [3.8, 4) is 17.1 Å². The lowest BCUT2D eigenvalue weighted by Crippen LogP contribution is -2.04. The lowest BCUT2D eigenvalue weighted by molar-refractivity contribution is 0.279. The van der Waals surface area contributed by atoms with Gasteiger partial charge in [0.05, 0.1) is 6.61 Å². The van der Waals surface area contributed by atoms with E-state index in [2.05, 4.69) is 36.8 Å². The number of rotatable bonds is 8. The fourth-order valence-electron chi connectivity index (χ4n) is 2.33. The Balaban J connectivity index is 0.00000105. The molecule has 0 unspecified atom stereocenters. The summed E-state index contributed by atoms with van der Waals surface area (Å²) in [5, 5.41) is 14.2. The fraction of sp³-hybridized carbons (Fsp3) is 0.400. The van der Waals surface area contributed by atoms with Crippen molar-refractivity contribution < 1.29 is 14.8 Å². The number of hydrogen-bond donors (Lipinski definition) is 2. The van der Waals surface area contributed by atoms with Gasteiger partial charge in [-0.1, -0.05) is 18.6 Å². The van der Waals surface area contributed by atoms with Gasteiger partial charge < -0.3 is 14.8 Å². The Morgan fingerprint density at radius 2 is 1.73 bits per heavy atom. The zero-order chi connectivity index (χ0) is 19.2. The topological polar surface area (TPSA) is 75.5 Å². The van der Waals surface area contributed by atoms with Crippen molar-refractivity contribution in [3.63, 3.8) is 0 Å². The van der Waals surface area contributed by atoms with Crippen LogP contribution in [-0.4, -0.2) is 34.3 Å². The fourth-order valence-corrected chi connectivity index (χ4v) is 2.33. The molecule has 0 bridgehead atoms. The van der Waals surface area contributed by atoms with E-state index in [4.69, 9.17) is 14.8 Å². The van der Waals surface area contributed by atoms with Crippen molar-refractivity contribution in [1.82, 2.24) is 9.97 Å². The summed E-state index contributed by atoms with van der Waals surface area (Å²) in [4.78, 5) is 8.50. The quantitative estimate of drug-likeness (QED) is 0.559. The van der Waals surface area contributed by atoms with E-state index in [1.807, 2.05) is 30.3 Å². The second kappa shape index (κ2) is 13.1. The lowest BCUT2D eigenvalue weighted by Gasteiger charge is -2.11. The Hall–Kier alpha value is -2.18. The highest BCUT2D eigenvalue weighted by Crippen LogP contribution is 2.19. The highest BCUT2D eigenvalue weighted by Gasteiger charge is 2.03. The van der Waals surface area contributed by atoms with Crippen LogP contribution in [0.5, 0.6) is 5.75 Å². The molecule has 0 aliphatic heterocycles. The third-order valence-electron chi connectivity index (χ3n) is 3.77. The van der Waals surface area contributed by atoms with E-state index in [0.717, 1.165) is 36.6 Å². The van der Waals surface area contributed by atoms with Gasteiger partial charge in [-0.05, 0) is 69.4 Å². The van der Waals surface area contributed by atoms with Crippen LogP contribution >= 0.6 is 0 Å². The van der Waals surface area contributed by atoms with E-state index in [1.54, 1.807) is 12.4 Å². The molecule has 0 saturated heterocycles. The van der Waals surface area contributed by atoms with Crippen molar-refractivity contribution in [2.45, 2.75) is 40.0 Å². The summed E-state index contributed by atoms with van der Waals surface area (Å²) in [7, 11) is -0.750. The predicted octanol–water partition coefficient (Wildman–Crippen LogP) is 3.53. The Bertz CT molecular complexity index is 629. The summed E-state index contributed by atoms with van der Waals surface area (Å²) in [6, 6.07) is 9.80. The zero-order valence-electron chi connectivity index (χ0n) is 15.9. The van der Waals surface area contributed by atoms with Crippen LogP contribution in [0.15, 0.2) is 54.4 Å². The number of nitrogens with zero attached hydrogens (tertiary/aromatic N) is 2. The normalized spacial score (nSPS) is 11.0. The van der Waals surface area contributed by atoms with Gasteiger partial charge in [0, 0.05) is 18.0 Å². The molecule has 1 aromatic heterocycles. The maximum absolute atomic E-state index is 7.12. The molecule has 1 aromatic carbocycles. The Morgan fingerprint density at radius 3 is 2.31 bits per heavy atom. The van der Waals surface area contributed by atoms with Crippen LogP contribution in [0, 0.1) is 5.92 Å². The molecule has 0 fully saturated rings. The van der Waals surface area contributed by atoms with Crippen LogP contribution < -0.4 is 4.74 Å². The average molecular weight is 356 g/mol. The van der Waals surface area contributed by atoms with Gasteiger partial charge in [-0.25, -0.2) is 9.97 Å². The SMILES string of the molecule is CC(C)=CCC[C@H](C)CCOc1ccc(-c2ncccn2)cc1.OBO. The smallest absolute Gasteiger partial charge is 0.432 e. The van der Waals surface area contributed by atoms with E-state index in [9.17, 15) is 0 Å². The molecular formula is C20H29BN2O3. The van der Waals surface area contributed by atoms with Crippen LogP contribution in [0.4, 0.5) is 0 Å². The first kappa shape index (κ1) is 21.9. The van der Waals surface area contributed by atoms with E-state index >= 15 is 0 Å². The van der Waals surface area contributed by atoms with Gasteiger partial charge in [-0.3, -0.25) is 0 Å². The maximum Gasteiger partial charge on any atom is 0.432 e. The third-order valence-corrected chi connectivity index (χ3v) is 3.77. The van der Waals surface area contributed by atoms with Gasteiger partial charge in [0.2, 0.25) is 0 Å². The standard InChI is InChI=1S/C20H26N2O.BH3O2/c1-16(2)6-4-7-17(3)12-15-23-19-10-8-18(9-11-19)20-21-13-5-14-22-20;2-1-3/h5-6,8-11,13-14,17H,4,7,12,15H2,1-3H3;1-3H/t17-;/m0./s1. The van der Waals surface area contributed by atoms with Gasteiger partial charge in [0.1, 0.15) is 5.75 Å². The number of hydrogen-bond acceptors (Lipinski definition) is 5. The van der Waals surface area contributed by atoms with Crippen molar-refractivity contribution >= 4 is 7.69 Å². The molecule has 0 aliphatic rings. The molecule has 2 N–H and O–H groups in total. The summed E-state index contributed by atoms with van der Waals surface area (Å²) in [6.45, 7) is 7.35. The minimum atomic E-state index is -0.750. The summed E-state index contributed by atoms with van der Waals surface area (Å²) in [5.74, 6) is 2.33. The van der Waals surface area contributed by atoms with Gasteiger partial charge in [-0.15, -0.1) is 0 Å². The van der Waals surface area contributed by atoms with Gasteiger partial charge in [-0.2, -0.15) is 0 Å². The Labute approximate surface area is 157 Å². The molecule has 2 aromatic rings. The zero-order valence-corrected chi connectivity index (χ0v) is 15.9. The summed E-state index contributed by atoms with van der Waals surface area (Å²) in [5.41, 5.74) is 2.41. The molecule has 2 rings (SSSR count). The molecule has 1 heterocycles. The molecular weight excluding hydrogens is 327 g/mol. The molecule has 26 heavy (non-hydrogen) atoms. The van der Waals surface area contributed by atoms with Crippen molar-refractivity contribution in [1.29, 1.82) is 0 Å². The molecule has 0 spiro atoms. The largest absolute Gasteiger partial charge is 0.494 e. The van der Waals surface area contributed by atoms with Gasteiger partial charge in [0.25, 0.3) is 0 Å². The number of ether oxygens (including phenoxy) is 1. The highest BCUT2D eigenvalue weighted by molar-refractivity contribution is 6.13. The maximum atomic E-state index is 7.12. The van der Waals surface area contributed by atoms with Crippen molar-refractivity contribution in [2.24, 2.45) is 5.92 Å². The lowest BCUT2D eigenvalue weighted by atomic mass is 10.0. The average Bonchev–Trinajstić information content (AvgIpc) is 2.63. The molecule has 5 nitrogen and oxygen atoms in total. The highest BCUT2D eigenvalue weighted by atomic mass is 16.5. The second-order valence-electron chi connectivity index (χ2n) is 6.34. The molecule has 0 radical (unpaired) electrons. The third kappa shape index (κ3) is 9.35.